The fourth-order valence-corrected chi connectivity index (χ4v) is 2.91. The molecule has 130 valence electrons. The van der Waals surface area contributed by atoms with Crippen LogP contribution in [0.25, 0.3) is 0 Å². The van der Waals surface area contributed by atoms with Gasteiger partial charge in [-0.1, -0.05) is 18.2 Å². The molecule has 1 aliphatic heterocycles. The molecule has 1 amide bonds. The maximum Gasteiger partial charge on any atom is 0.273 e. The Labute approximate surface area is 145 Å². The lowest BCUT2D eigenvalue weighted by Gasteiger charge is -2.27. The van der Waals surface area contributed by atoms with Gasteiger partial charge in [0.25, 0.3) is 5.69 Å². The van der Waals surface area contributed by atoms with Crippen LogP contribution in [-0.2, 0) is 11.2 Å². The number of piperidine rings is 1. The Bertz CT molecular complexity index is 774. The predicted molar refractivity (Wildman–Crippen MR) is 93.5 cm³/mol. The maximum absolute atomic E-state index is 12.2. The molecule has 0 atom stereocenters. The van der Waals surface area contributed by atoms with E-state index < -0.39 is 4.92 Å². The number of carbonyl (C=O) groups is 1. The fraction of sp³-hybridized carbons (Fsp3) is 0.353. The highest BCUT2D eigenvalue weighted by Crippen LogP contribution is 2.21. The molecule has 1 aromatic carbocycles. The average Bonchev–Trinajstić information content (AvgIpc) is 2.63. The minimum absolute atomic E-state index is 0.0608. The van der Waals surface area contributed by atoms with E-state index in [9.17, 15) is 14.9 Å². The van der Waals surface area contributed by atoms with Crippen LogP contribution in [0.5, 0.6) is 0 Å². The second-order valence-electron chi connectivity index (χ2n) is 5.92. The van der Waals surface area contributed by atoms with Crippen molar-refractivity contribution >= 4 is 23.2 Å². The first-order valence-corrected chi connectivity index (χ1v) is 8.22. The van der Waals surface area contributed by atoms with Crippen LogP contribution in [0.1, 0.15) is 24.8 Å². The summed E-state index contributed by atoms with van der Waals surface area (Å²) in [7, 11) is 0. The number of anilines is 2. The Balaban J connectivity index is 1.68. The third-order valence-corrected chi connectivity index (χ3v) is 4.14. The summed E-state index contributed by atoms with van der Waals surface area (Å²) in [5.74, 6) is 0.840. The van der Waals surface area contributed by atoms with E-state index in [1.165, 1.54) is 18.8 Å². The summed E-state index contributed by atoms with van der Waals surface area (Å²) in [6.07, 6.45) is 4.82. The Morgan fingerprint density at radius 2 is 1.96 bits per heavy atom. The van der Waals surface area contributed by atoms with E-state index in [1.807, 2.05) is 0 Å². The van der Waals surface area contributed by atoms with Gasteiger partial charge in [0.15, 0.2) is 0 Å². The molecule has 1 N–H and O–H groups in total. The molecule has 0 spiro atoms. The summed E-state index contributed by atoms with van der Waals surface area (Å²) in [6, 6.07) is 7.96. The van der Waals surface area contributed by atoms with Crippen LogP contribution in [0.4, 0.5) is 17.3 Å². The van der Waals surface area contributed by atoms with Gasteiger partial charge in [0.05, 0.1) is 11.3 Å². The molecule has 1 saturated heterocycles. The van der Waals surface area contributed by atoms with E-state index in [0.29, 0.717) is 11.4 Å². The first-order valence-electron chi connectivity index (χ1n) is 8.22. The number of nitrogens with zero attached hydrogens (tertiary/aromatic N) is 4. The SMILES string of the molecule is O=C(Cc1ccccc1[N+](=O)[O-])Nc1cc(N2CCCCC2)ncn1. The minimum atomic E-state index is -0.484. The van der Waals surface area contributed by atoms with Crippen molar-refractivity contribution in [2.75, 3.05) is 23.3 Å². The summed E-state index contributed by atoms with van der Waals surface area (Å²) in [6.45, 7) is 1.89. The van der Waals surface area contributed by atoms with Crippen LogP contribution in [-0.4, -0.2) is 33.9 Å². The van der Waals surface area contributed by atoms with Crippen molar-refractivity contribution in [3.63, 3.8) is 0 Å². The lowest BCUT2D eigenvalue weighted by molar-refractivity contribution is -0.385. The Morgan fingerprint density at radius 3 is 2.72 bits per heavy atom. The second kappa shape index (κ2) is 7.69. The number of carbonyl (C=O) groups excluding carboxylic acids is 1. The van der Waals surface area contributed by atoms with Gasteiger partial charge in [0.1, 0.15) is 18.0 Å². The van der Waals surface area contributed by atoms with E-state index in [2.05, 4.69) is 20.2 Å². The summed E-state index contributed by atoms with van der Waals surface area (Å²) in [5.41, 5.74) is 0.310. The number of amides is 1. The number of para-hydroxylation sites is 1. The number of hydrogen-bond acceptors (Lipinski definition) is 6. The van der Waals surface area contributed by atoms with E-state index in [-0.39, 0.29) is 18.0 Å². The first kappa shape index (κ1) is 16.8. The van der Waals surface area contributed by atoms with E-state index in [0.717, 1.165) is 31.7 Å². The van der Waals surface area contributed by atoms with Crippen molar-refractivity contribution in [2.24, 2.45) is 0 Å². The van der Waals surface area contributed by atoms with Crippen molar-refractivity contribution in [3.05, 3.63) is 52.3 Å². The molecular formula is C17H19N5O3. The molecule has 2 aromatic rings. The average molecular weight is 341 g/mol. The highest BCUT2D eigenvalue weighted by atomic mass is 16.6. The summed E-state index contributed by atoms with van der Waals surface area (Å²) < 4.78 is 0. The first-order chi connectivity index (χ1) is 12.1. The van der Waals surface area contributed by atoms with Gasteiger partial charge in [-0.05, 0) is 19.3 Å². The fourth-order valence-electron chi connectivity index (χ4n) is 2.91. The monoisotopic (exact) mass is 341 g/mol. The van der Waals surface area contributed by atoms with Crippen LogP contribution < -0.4 is 10.2 Å². The molecule has 1 aromatic heterocycles. The van der Waals surface area contributed by atoms with Crippen LogP contribution in [0.2, 0.25) is 0 Å². The molecule has 0 unspecified atom stereocenters. The molecule has 25 heavy (non-hydrogen) atoms. The van der Waals surface area contributed by atoms with E-state index >= 15 is 0 Å². The summed E-state index contributed by atoms with van der Waals surface area (Å²) in [5, 5.41) is 13.7. The van der Waals surface area contributed by atoms with Crippen molar-refractivity contribution in [1.82, 2.24) is 9.97 Å². The molecule has 0 radical (unpaired) electrons. The smallest absolute Gasteiger partial charge is 0.273 e. The number of rotatable bonds is 5. The molecule has 0 aliphatic carbocycles. The van der Waals surface area contributed by atoms with E-state index in [4.69, 9.17) is 0 Å². The van der Waals surface area contributed by atoms with Gasteiger partial charge >= 0.3 is 0 Å². The third-order valence-electron chi connectivity index (χ3n) is 4.14. The minimum Gasteiger partial charge on any atom is -0.356 e. The molecule has 3 rings (SSSR count). The largest absolute Gasteiger partial charge is 0.356 e. The van der Waals surface area contributed by atoms with Gasteiger partial charge in [-0.15, -0.1) is 0 Å². The maximum atomic E-state index is 12.2. The second-order valence-corrected chi connectivity index (χ2v) is 5.92. The zero-order chi connectivity index (χ0) is 17.6. The lowest BCUT2D eigenvalue weighted by atomic mass is 10.1. The van der Waals surface area contributed by atoms with Gasteiger partial charge in [-0.25, -0.2) is 9.97 Å². The molecule has 0 saturated carbocycles. The number of nitrogens with one attached hydrogen (secondary N) is 1. The standard InChI is InChI=1S/C17H19N5O3/c23-17(10-13-6-2-3-7-14(13)22(24)25)20-15-11-16(19-12-18-15)21-8-4-1-5-9-21/h2-3,6-7,11-12H,1,4-5,8-10H2,(H,18,19,20,23). The molecule has 8 heteroatoms. The number of nitro benzene ring substituents is 1. The molecule has 0 bridgehead atoms. The van der Waals surface area contributed by atoms with E-state index in [1.54, 1.807) is 24.3 Å². The van der Waals surface area contributed by atoms with Crippen LogP contribution in [0, 0.1) is 10.1 Å². The number of benzene rings is 1. The van der Waals surface area contributed by atoms with Crippen molar-refractivity contribution in [1.29, 1.82) is 0 Å². The van der Waals surface area contributed by atoms with Gasteiger partial charge in [0, 0.05) is 30.8 Å². The van der Waals surface area contributed by atoms with Crippen molar-refractivity contribution in [2.45, 2.75) is 25.7 Å². The molecule has 2 heterocycles. The Kier molecular flexibility index (Phi) is 5.17. The lowest BCUT2D eigenvalue weighted by Crippen LogP contribution is -2.30. The van der Waals surface area contributed by atoms with Gasteiger partial charge in [-0.2, -0.15) is 0 Å². The number of hydrogen-bond donors (Lipinski definition) is 1. The third kappa shape index (κ3) is 4.28. The number of aromatic nitrogens is 2. The summed E-state index contributed by atoms with van der Waals surface area (Å²) in [4.78, 5) is 33.3. The molecular weight excluding hydrogens is 322 g/mol. The van der Waals surface area contributed by atoms with Crippen molar-refractivity contribution < 1.29 is 9.72 Å². The van der Waals surface area contributed by atoms with Crippen LogP contribution in [0.3, 0.4) is 0 Å². The number of nitro groups is 1. The van der Waals surface area contributed by atoms with Crippen LogP contribution in [0.15, 0.2) is 36.7 Å². The highest BCUT2D eigenvalue weighted by Gasteiger charge is 2.17. The highest BCUT2D eigenvalue weighted by molar-refractivity contribution is 5.92. The zero-order valence-corrected chi connectivity index (χ0v) is 13.7. The zero-order valence-electron chi connectivity index (χ0n) is 13.7. The predicted octanol–water partition coefficient (Wildman–Crippen LogP) is 2.56. The topological polar surface area (TPSA) is 101 Å². The molecule has 8 nitrogen and oxygen atoms in total. The quantitative estimate of drug-likeness (QED) is 0.662. The summed E-state index contributed by atoms with van der Waals surface area (Å²) >= 11 is 0. The molecule has 1 fully saturated rings. The Hall–Kier alpha value is -3.03. The Morgan fingerprint density at radius 1 is 1.20 bits per heavy atom. The van der Waals surface area contributed by atoms with Gasteiger partial charge in [0.2, 0.25) is 5.91 Å². The van der Waals surface area contributed by atoms with Gasteiger partial charge < -0.3 is 10.2 Å². The van der Waals surface area contributed by atoms with Crippen molar-refractivity contribution in [3.8, 4) is 0 Å². The van der Waals surface area contributed by atoms with Gasteiger partial charge in [-0.3, -0.25) is 14.9 Å². The van der Waals surface area contributed by atoms with Crippen LogP contribution >= 0.6 is 0 Å². The molecule has 1 aliphatic rings. The normalized spacial score (nSPS) is 14.2.